The average Bonchev–Trinajstić information content (AvgIpc) is 3.14. The topological polar surface area (TPSA) is 65.5 Å². The number of hydrogen-bond acceptors (Lipinski definition) is 4. The first-order valence-corrected chi connectivity index (χ1v) is 9.97. The number of aromatic amines is 1. The van der Waals surface area contributed by atoms with Crippen molar-refractivity contribution in [1.82, 2.24) is 9.78 Å². The zero-order valence-electron chi connectivity index (χ0n) is 17.7. The van der Waals surface area contributed by atoms with Crippen LogP contribution in [0.2, 0.25) is 0 Å². The van der Waals surface area contributed by atoms with Crippen molar-refractivity contribution in [2.45, 2.75) is 13.2 Å². The molecule has 0 saturated heterocycles. The fraction of sp³-hybridized carbons (Fsp3) is 0.208. The lowest BCUT2D eigenvalue weighted by molar-refractivity contribution is 0.183. The zero-order chi connectivity index (χ0) is 22.7. The molecule has 4 rings (SSSR count). The number of nitrogens with zero attached hydrogens (tertiary/aromatic N) is 1. The van der Waals surface area contributed by atoms with Gasteiger partial charge < -0.3 is 14.2 Å². The van der Waals surface area contributed by atoms with Gasteiger partial charge in [-0.25, -0.2) is 13.5 Å². The number of halogens is 2. The molecule has 1 heterocycles. The Hall–Kier alpha value is -3.65. The predicted octanol–water partition coefficient (Wildman–Crippen LogP) is 4.51. The van der Waals surface area contributed by atoms with E-state index in [-0.39, 0.29) is 12.2 Å². The molecule has 0 spiro atoms. The number of rotatable bonds is 8. The van der Waals surface area contributed by atoms with E-state index < -0.39 is 11.6 Å². The molecule has 6 nitrogen and oxygen atoms in total. The second-order valence-corrected chi connectivity index (χ2v) is 7.18. The standard InChI is InChI=1S/C24H22F2N2O4/c1-30-11-10-28-24(29)19-5-3-4-16(23(19)27-28)14-32-17-7-8-18(22(13-17)31-2)15-6-9-20(25)21(26)12-15/h3-9,12-13,27H,10-11,14H2,1-2H3. The molecule has 0 amide bonds. The Morgan fingerprint density at radius 3 is 2.59 bits per heavy atom. The first kappa shape index (κ1) is 21.6. The summed E-state index contributed by atoms with van der Waals surface area (Å²) in [6, 6.07) is 14.3. The minimum atomic E-state index is -0.926. The number of H-pyrrole nitrogens is 1. The molecule has 0 fully saturated rings. The van der Waals surface area contributed by atoms with Crippen LogP contribution in [0.5, 0.6) is 11.5 Å². The van der Waals surface area contributed by atoms with E-state index >= 15 is 0 Å². The highest BCUT2D eigenvalue weighted by molar-refractivity contribution is 5.81. The molecule has 0 aliphatic rings. The lowest BCUT2D eigenvalue weighted by Crippen LogP contribution is -2.18. The molecular weight excluding hydrogens is 418 g/mol. The fourth-order valence-electron chi connectivity index (χ4n) is 3.53. The van der Waals surface area contributed by atoms with Crippen molar-refractivity contribution in [1.29, 1.82) is 0 Å². The summed E-state index contributed by atoms with van der Waals surface area (Å²) in [5.41, 5.74) is 2.52. The number of para-hydroxylation sites is 1. The van der Waals surface area contributed by atoms with Crippen molar-refractivity contribution < 1.29 is 23.0 Å². The molecule has 0 bridgehead atoms. The summed E-state index contributed by atoms with van der Waals surface area (Å²) < 4.78 is 44.8. The average molecular weight is 440 g/mol. The number of methoxy groups -OCH3 is 2. The van der Waals surface area contributed by atoms with E-state index in [0.29, 0.717) is 46.7 Å². The first-order chi connectivity index (χ1) is 15.5. The van der Waals surface area contributed by atoms with Gasteiger partial charge >= 0.3 is 0 Å². The van der Waals surface area contributed by atoms with Gasteiger partial charge in [0.25, 0.3) is 5.56 Å². The van der Waals surface area contributed by atoms with Gasteiger partial charge in [0.1, 0.15) is 18.1 Å². The third-order valence-corrected chi connectivity index (χ3v) is 5.19. The number of nitrogens with one attached hydrogen (secondary N) is 1. The van der Waals surface area contributed by atoms with Crippen LogP contribution in [-0.2, 0) is 17.9 Å². The molecule has 0 aliphatic heterocycles. The van der Waals surface area contributed by atoms with Crippen molar-refractivity contribution in [2.24, 2.45) is 0 Å². The van der Waals surface area contributed by atoms with Gasteiger partial charge in [-0.05, 0) is 35.9 Å². The maximum Gasteiger partial charge on any atom is 0.274 e. The Balaban J connectivity index is 1.58. The van der Waals surface area contributed by atoms with Crippen molar-refractivity contribution in [2.75, 3.05) is 20.8 Å². The molecular formula is C24H22F2N2O4. The summed E-state index contributed by atoms with van der Waals surface area (Å²) in [5, 5.41) is 3.70. The highest BCUT2D eigenvalue weighted by Crippen LogP contribution is 2.34. The number of aromatic nitrogens is 2. The van der Waals surface area contributed by atoms with Crippen LogP contribution >= 0.6 is 0 Å². The van der Waals surface area contributed by atoms with Gasteiger partial charge in [-0.1, -0.05) is 18.2 Å². The minimum Gasteiger partial charge on any atom is -0.496 e. The first-order valence-electron chi connectivity index (χ1n) is 9.97. The zero-order valence-corrected chi connectivity index (χ0v) is 17.7. The molecule has 4 aromatic rings. The summed E-state index contributed by atoms with van der Waals surface area (Å²) in [7, 11) is 3.08. The monoisotopic (exact) mass is 440 g/mol. The van der Waals surface area contributed by atoms with Crippen LogP contribution < -0.4 is 15.0 Å². The molecule has 0 saturated carbocycles. The summed E-state index contributed by atoms with van der Waals surface area (Å²) in [6.07, 6.45) is 0. The van der Waals surface area contributed by atoms with Crippen molar-refractivity contribution in [3.8, 4) is 22.6 Å². The molecule has 0 unspecified atom stereocenters. The van der Waals surface area contributed by atoms with Gasteiger partial charge in [0.05, 0.1) is 31.2 Å². The van der Waals surface area contributed by atoms with Gasteiger partial charge in [0.2, 0.25) is 0 Å². The molecule has 166 valence electrons. The Morgan fingerprint density at radius 1 is 1.00 bits per heavy atom. The Kier molecular flexibility index (Phi) is 6.23. The quantitative estimate of drug-likeness (QED) is 0.438. The van der Waals surface area contributed by atoms with Gasteiger partial charge in [-0.3, -0.25) is 9.89 Å². The van der Waals surface area contributed by atoms with Crippen molar-refractivity contribution in [3.63, 3.8) is 0 Å². The van der Waals surface area contributed by atoms with E-state index in [2.05, 4.69) is 5.10 Å². The molecule has 1 aromatic heterocycles. The Labute approximate surface area is 182 Å². The smallest absolute Gasteiger partial charge is 0.274 e. The molecule has 1 N–H and O–H groups in total. The molecule has 3 aromatic carbocycles. The van der Waals surface area contributed by atoms with E-state index in [1.165, 1.54) is 17.9 Å². The van der Waals surface area contributed by atoms with Gasteiger partial charge in [-0.2, -0.15) is 0 Å². The lowest BCUT2D eigenvalue weighted by Gasteiger charge is -2.13. The van der Waals surface area contributed by atoms with Gasteiger partial charge in [-0.15, -0.1) is 0 Å². The number of fused-ring (bicyclic) bond motifs is 1. The number of benzene rings is 3. The summed E-state index contributed by atoms with van der Waals surface area (Å²) in [6.45, 7) is 1.06. The normalized spacial score (nSPS) is 11.1. The van der Waals surface area contributed by atoms with E-state index in [4.69, 9.17) is 14.2 Å². The van der Waals surface area contributed by atoms with Crippen LogP contribution in [0.25, 0.3) is 22.0 Å². The molecule has 0 aliphatic carbocycles. The highest BCUT2D eigenvalue weighted by atomic mass is 19.2. The van der Waals surface area contributed by atoms with E-state index in [1.807, 2.05) is 12.1 Å². The maximum absolute atomic E-state index is 13.6. The Morgan fingerprint density at radius 2 is 1.84 bits per heavy atom. The summed E-state index contributed by atoms with van der Waals surface area (Å²) in [5.74, 6) is -0.836. The largest absolute Gasteiger partial charge is 0.496 e. The second-order valence-electron chi connectivity index (χ2n) is 7.18. The van der Waals surface area contributed by atoms with Crippen LogP contribution in [-0.4, -0.2) is 30.6 Å². The lowest BCUT2D eigenvalue weighted by atomic mass is 10.0. The second kappa shape index (κ2) is 9.23. The van der Waals surface area contributed by atoms with Gasteiger partial charge in [0, 0.05) is 24.3 Å². The maximum atomic E-state index is 13.6. The van der Waals surface area contributed by atoms with Crippen LogP contribution in [0.15, 0.2) is 59.4 Å². The molecule has 0 radical (unpaired) electrons. The van der Waals surface area contributed by atoms with Crippen LogP contribution in [0.4, 0.5) is 8.78 Å². The Bertz CT molecular complexity index is 1310. The molecule has 32 heavy (non-hydrogen) atoms. The van der Waals surface area contributed by atoms with E-state index in [0.717, 1.165) is 17.7 Å². The van der Waals surface area contributed by atoms with Crippen LogP contribution in [0, 0.1) is 11.6 Å². The third kappa shape index (κ3) is 4.22. The van der Waals surface area contributed by atoms with Crippen LogP contribution in [0.1, 0.15) is 5.56 Å². The summed E-state index contributed by atoms with van der Waals surface area (Å²) >= 11 is 0. The van der Waals surface area contributed by atoms with Gasteiger partial charge in [0.15, 0.2) is 11.6 Å². The minimum absolute atomic E-state index is 0.114. The van der Waals surface area contributed by atoms with E-state index in [9.17, 15) is 13.6 Å². The summed E-state index contributed by atoms with van der Waals surface area (Å²) in [4.78, 5) is 12.5. The SMILES string of the molecule is COCCn1[nH]c2c(COc3ccc(-c4ccc(F)c(F)c4)c(OC)c3)cccc2c1=O. The van der Waals surface area contributed by atoms with Crippen molar-refractivity contribution in [3.05, 3.63) is 82.1 Å². The number of ether oxygens (including phenoxy) is 3. The van der Waals surface area contributed by atoms with Crippen molar-refractivity contribution >= 4 is 10.9 Å². The third-order valence-electron chi connectivity index (χ3n) is 5.19. The van der Waals surface area contributed by atoms with Crippen LogP contribution in [0.3, 0.4) is 0 Å². The fourth-order valence-corrected chi connectivity index (χ4v) is 3.53. The number of hydrogen-bond donors (Lipinski definition) is 1. The molecule has 8 heteroatoms. The molecule has 0 atom stereocenters. The predicted molar refractivity (Wildman–Crippen MR) is 117 cm³/mol. The van der Waals surface area contributed by atoms with E-state index in [1.54, 1.807) is 31.4 Å². The highest BCUT2D eigenvalue weighted by Gasteiger charge is 2.13.